The van der Waals surface area contributed by atoms with Crippen LogP contribution in [0.5, 0.6) is 0 Å². The largest absolute Gasteiger partial charge is 0.450 e. The number of hydrogen-bond donors (Lipinski definition) is 2. The van der Waals surface area contributed by atoms with Gasteiger partial charge >= 0.3 is 5.97 Å². The van der Waals surface area contributed by atoms with Crippen molar-refractivity contribution in [2.75, 3.05) is 11.9 Å². The van der Waals surface area contributed by atoms with E-state index in [9.17, 15) is 14.4 Å². The van der Waals surface area contributed by atoms with Crippen molar-refractivity contribution < 1.29 is 23.6 Å². The molecule has 0 bridgehead atoms. The van der Waals surface area contributed by atoms with Crippen LogP contribution in [0.15, 0.2) is 65.2 Å². The quantitative estimate of drug-likeness (QED) is 0.582. The average Bonchev–Trinajstić information content (AvgIpc) is 3.19. The molecule has 8 heteroatoms. The van der Waals surface area contributed by atoms with Crippen molar-refractivity contribution in [3.05, 3.63) is 83.2 Å². The van der Waals surface area contributed by atoms with E-state index in [1.165, 1.54) is 6.07 Å². The van der Waals surface area contributed by atoms with Gasteiger partial charge in [0.1, 0.15) is 0 Å². The first kappa shape index (κ1) is 20.8. The summed E-state index contributed by atoms with van der Waals surface area (Å²) in [6, 6.07) is 17.3. The number of anilines is 1. The van der Waals surface area contributed by atoms with Crippen LogP contribution < -0.4 is 10.6 Å². The van der Waals surface area contributed by atoms with Crippen molar-refractivity contribution in [3.63, 3.8) is 0 Å². The smallest absolute Gasteiger partial charge is 0.377 e. The van der Waals surface area contributed by atoms with Crippen molar-refractivity contribution in [2.45, 2.75) is 19.9 Å². The third-order valence-electron chi connectivity index (χ3n) is 4.26. The summed E-state index contributed by atoms with van der Waals surface area (Å²) < 4.78 is 9.70. The molecule has 0 saturated heterocycles. The van der Waals surface area contributed by atoms with Crippen LogP contribution in [0.4, 0.5) is 5.69 Å². The Hall–Kier alpha value is -3.94. The van der Waals surface area contributed by atoms with E-state index in [0.717, 1.165) is 5.56 Å². The third kappa shape index (κ3) is 5.32. The molecular weight excluding hydrogens is 386 g/mol. The third-order valence-corrected chi connectivity index (χ3v) is 4.26. The van der Waals surface area contributed by atoms with Gasteiger partial charge in [-0.15, -0.1) is 0 Å². The maximum Gasteiger partial charge on any atom is 0.377 e. The molecule has 0 fully saturated rings. The molecule has 0 aliphatic rings. The Morgan fingerprint density at radius 1 is 1.07 bits per heavy atom. The number of aryl methyl sites for hydroxylation is 1. The molecule has 0 unspecified atom stereocenters. The first-order valence-corrected chi connectivity index (χ1v) is 9.29. The monoisotopic (exact) mass is 407 g/mol. The number of nitrogens with one attached hydrogen (secondary N) is 2. The summed E-state index contributed by atoms with van der Waals surface area (Å²) in [4.78, 5) is 36.8. The van der Waals surface area contributed by atoms with Crippen LogP contribution >= 0.6 is 0 Å². The second-order valence-corrected chi connectivity index (χ2v) is 6.61. The van der Waals surface area contributed by atoms with Gasteiger partial charge in [-0.3, -0.25) is 9.59 Å². The van der Waals surface area contributed by atoms with Gasteiger partial charge in [-0.05, 0) is 31.5 Å². The van der Waals surface area contributed by atoms with Crippen LogP contribution in [0.25, 0.3) is 0 Å². The van der Waals surface area contributed by atoms with Crippen LogP contribution in [0.3, 0.4) is 0 Å². The van der Waals surface area contributed by atoms with E-state index in [1.54, 1.807) is 31.2 Å². The standard InChI is InChI=1S/C22H21N3O5/c1-14-12-19(30-25-14)22(28)29-13-20(26)24-18-11-7-6-10-17(18)21(27)23-15(2)16-8-4-3-5-9-16/h3-12,15H,13H2,1-2H3,(H,23,27)(H,24,26)/t15-/m0/s1. The molecule has 1 atom stereocenters. The van der Waals surface area contributed by atoms with Gasteiger partial charge in [-0.25, -0.2) is 4.79 Å². The fourth-order valence-corrected chi connectivity index (χ4v) is 2.74. The van der Waals surface area contributed by atoms with Gasteiger partial charge in [0.05, 0.1) is 23.0 Å². The molecule has 0 aliphatic heterocycles. The second-order valence-electron chi connectivity index (χ2n) is 6.61. The summed E-state index contributed by atoms with van der Waals surface area (Å²) in [5, 5.41) is 9.09. The molecule has 0 spiro atoms. The van der Waals surface area contributed by atoms with Crippen LogP contribution in [0, 0.1) is 6.92 Å². The first-order chi connectivity index (χ1) is 14.4. The number of esters is 1. The highest BCUT2D eigenvalue weighted by molar-refractivity contribution is 6.04. The lowest BCUT2D eigenvalue weighted by atomic mass is 10.1. The number of rotatable bonds is 7. The number of hydrogen-bond acceptors (Lipinski definition) is 6. The van der Waals surface area contributed by atoms with Gasteiger partial charge in [0.2, 0.25) is 5.76 Å². The normalized spacial score (nSPS) is 11.4. The zero-order chi connectivity index (χ0) is 21.5. The molecule has 2 amide bonds. The number of para-hydroxylation sites is 1. The Morgan fingerprint density at radius 2 is 1.77 bits per heavy atom. The molecule has 2 N–H and O–H groups in total. The van der Waals surface area contributed by atoms with Gasteiger partial charge in [-0.1, -0.05) is 47.6 Å². The fraction of sp³-hybridized carbons (Fsp3) is 0.182. The zero-order valence-electron chi connectivity index (χ0n) is 16.5. The van der Waals surface area contributed by atoms with E-state index in [2.05, 4.69) is 15.8 Å². The van der Waals surface area contributed by atoms with E-state index in [4.69, 9.17) is 9.26 Å². The molecule has 1 heterocycles. The summed E-state index contributed by atoms with van der Waals surface area (Å²) in [6.07, 6.45) is 0. The second kappa shape index (κ2) is 9.51. The number of aromatic nitrogens is 1. The molecule has 0 saturated carbocycles. The Labute approximate surface area is 173 Å². The maximum atomic E-state index is 12.7. The van der Waals surface area contributed by atoms with Crippen LogP contribution in [-0.4, -0.2) is 29.5 Å². The summed E-state index contributed by atoms with van der Waals surface area (Å²) in [6.45, 7) is 3.00. The molecule has 0 radical (unpaired) electrons. The zero-order valence-corrected chi connectivity index (χ0v) is 16.5. The molecule has 154 valence electrons. The molecule has 3 rings (SSSR count). The topological polar surface area (TPSA) is 111 Å². The van der Waals surface area contributed by atoms with Gasteiger partial charge < -0.3 is 19.9 Å². The molecule has 30 heavy (non-hydrogen) atoms. The predicted molar refractivity (Wildman–Crippen MR) is 109 cm³/mol. The lowest BCUT2D eigenvalue weighted by Gasteiger charge is -2.16. The van der Waals surface area contributed by atoms with E-state index in [1.807, 2.05) is 37.3 Å². The van der Waals surface area contributed by atoms with E-state index in [0.29, 0.717) is 16.9 Å². The number of amides is 2. The highest BCUT2D eigenvalue weighted by Crippen LogP contribution is 2.18. The minimum Gasteiger partial charge on any atom is -0.450 e. The number of carbonyl (C=O) groups is 3. The summed E-state index contributed by atoms with van der Waals surface area (Å²) >= 11 is 0. The van der Waals surface area contributed by atoms with Crippen LogP contribution in [0.1, 0.15) is 45.1 Å². The summed E-state index contributed by atoms with van der Waals surface area (Å²) in [5.74, 6) is -1.81. The van der Waals surface area contributed by atoms with E-state index >= 15 is 0 Å². The highest BCUT2D eigenvalue weighted by Gasteiger charge is 2.18. The minimum atomic E-state index is -0.798. The van der Waals surface area contributed by atoms with Crippen molar-refractivity contribution in [3.8, 4) is 0 Å². The molecule has 3 aromatic rings. The molecule has 0 aliphatic carbocycles. The highest BCUT2D eigenvalue weighted by atomic mass is 16.6. The lowest BCUT2D eigenvalue weighted by Crippen LogP contribution is -2.28. The summed E-state index contributed by atoms with van der Waals surface area (Å²) in [5.41, 5.74) is 2.09. The maximum absolute atomic E-state index is 12.7. The minimum absolute atomic E-state index is 0.0880. The molecule has 1 aromatic heterocycles. The first-order valence-electron chi connectivity index (χ1n) is 9.29. The van der Waals surface area contributed by atoms with Crippen molar-refractivity contribution in [1.82, 2.24) is 10.5 Å². The summed E-state index contributed by atoms with van der Waals surface area (Å²) in [7, 11) is 0. The van der Waals surface area contributed by atoms with Crippen molar-refractivity contribution in [2.24, 2.45) is 0 Å². The number of carbonyl (C=O) groups excluding carboxylic acids is 3. The average molecular weight is 407 g/mol. The Bertz CT molecular complexity index is 1050. The number of ether oxygens (including phenoxy) is 1. The lowest BCUT2D eigenvalue weighted by molar-refractivity contribution is -0.119. The van der Waals surface area contributed by atoms with Crippen LogP contribution in [0.2, 0.25) is 0 Å². The fourth-order valence-electron chi connectivity index (χ4n) is 2.74. The van der Waals surface area contributed by atoms with E-state index in [-0.39, 0.29) is 17.7 Å². The predicted octanol–water partition coefficient (Wildman–Crippen LogP) is 3.27. The molecular formula is C22H21N3O5. The number of nitrogens with zero attached hydrogens (tertiary/aromatic N) is 1. The molecule has 2 aromatic carbocycles. The van der Waals surface area contributed by atoms with Crippen molar-refractivity contribution in [1.29, 1.82) is 0 Å². The Kier molecular flexibility index (Phi) is 6.59. The van der Waals surface area contributed by atoms with Gasteiger partial charge in [0.15, 0.2) is 6.61 Å². The van der Waals surface area contributed by atoms with Gasteiger partial charge in [-0.2, -0.15) is 0 Å². The number of benzene rings is 2. The van der Waals surface area contributed by atoms with Crippen molar-refractivity contribution >= 4 is 23.5 Å². The SMILES string of the molecule is Cc1cc(C(=O)OCC(=O)Nc2ccccc2C(=O)N[C@@H](C)c2ccccc2)on1. The Morgan fingerprint density at radius 3 is 2.47 bits per heavy atom. The van der Waals surface area contributed by atoms with E-state index < -0.39 is 18.5 Å². The van der Waals surface area contributed by atoms with Gasteiger partial charge in [0.25, 0.3) is 11.8 Å². The Balaban J connectivity index is 1.61. The van der Waals surface area contributed by atoms with Gasteiger partial charge in [0, 0.05) is 6.07 Å². The van der Waals surface area contributed by atoms with Crippen LogP contribution in [-0.2, 0) is 9.53 Å². The molecule has 8 nitrogen and oxygen atoms in total.